The molecule has 21 heavy (non-hydrogen) atoms. The molecular formula is C17H31N3S. The van der Waals surface area contributed by atoms with Crippen LogP contribution in [0, 0.1) is 5.92 Å². The molecule has 2 heterocycles. The average molecular weight is 310 g/mol. The minimum absolute atomic E-state index is 0.523. The minimum atomic E-state index is 0.523. The molecule has 0 radical (unpaired) electrons. The number of hydrogen-bond acceptors (Lipinski definition) is 4. The van der Waals surface area contributed by atoms with Gasteiger partial charge in [-0.25, -0.2) is 4.98 Å². The number of nitrogens with one attached hydrogen (secondary N) is 1. The zero-order valence-corrected chi connectivity index (χ0v) is 14.9. The molecule has 1 aliphatic rings. The third kappa shape index (κ3) is 5.04. The summed E-state index contributed by atoms with van der Waals surface area (Å²) < 4.78 is 0. The van der Waals surface area contributed by atoms with Crippen molar-refractivity contribution in [1.82, 2.24) is 15.2 Å². The molecular weight excluding hydrogens is 278 g/mol. The van der Waals surface area contributed by atoms with E-state index in [-0.39, 0.29) is 0 Å². The summed E-state index contributed by atoms with van der Waals surface area (Å²) in [5.41, 5.74) is 1.31. The number of nitrogens with zero attached hydrogens (tertiary/aromatic N) is 2. The Labute approximate surface area is 134 Å². The first-order chi connectivity index (χ1) is 10.1. The van der Waals surface area contributed by atoms with Crippen LogP contribution in [0.3, 0.4) is 0 Å². The second kappa shape index (κ2) is 8.25. The molecule has 0 aliphatic carbocycles. The van der Waals surface area contributed by atoms with Gasteiger partial charge in [-0.05, 0) is 50.7 Å². The predicted octanol–water partition coefficient (Wildman–Crippen LogP) is 4.00. The fraction of sp³-hybridized carbons (Fsp3) is 0.824. The highest BCUT2D eigenvalue weighted by Crippen LogP contribution is 2.27. The Balaban J connectivity index is 1.97. The van der Waals surface area contributed by atoms with Gasteiger partial charge in [0.2, 0.25) is 0 Å². The SMILES string of the molecule is CCCNCc1sc(CN2CCC(C)CC2)nc1C(C)C. The molecule has 0 aromatic carbocycles. The zero-order chi connectivity index (χ0) is 15.2. The third-order valence-electron chi connectivity index (χ3n) is 4.27. The molecule has 2 rings (SSSR count). The van der Waals surface area contributed by atoms with E-state index in [0.717, 1.165) is 25.6 Å². The van der Waals surface area contributed by atoms with Gasteiger partial charge in [-0.1, -0.05) is 27.7 Å². The minimum Gasteiger partial charge on any atom is -0.312 e. The first-order valence-corrected chi connectivity index (χ1v) is 9.33. The Hall–Kier alpha value is -0.450. The van der Waals surface area contributed by atoms with Gasteiger partial charge < -0.3 is 5.32 Å². The molecule has 0 unspecified atom stereocenters. The van der Waals surface area contributed by atoms with Crippen molar-refractivity contribution in [2.75, 3.05) is 19.6 Å². The van der Waals surface area contributed by atoms with Crippen LogP contribution in [-0.2, 0) is 13.1 Å². The van der Waals surface area contributed by atoms with E-state index in [2.05, 4.69) is 37.9 Å². The lowest BCUT2D eigenvalue weighted by Crippen LogP contribution is -2.32. The summed E-state index contributed by atoms with van der Waals surface area (Å²) in [6.45, 7) is 14.7. The number of rotatable bonds is 7. The molecule has 0 spiro atoms. The van der Waals surface area contributed by atoms with E-state index in [1.807, 2.05) is 11.3 Å². The Kier molecular flexibility index (Phi) is 6.65. The van der Waals surface area contributed by atoms with E-state index < -0.39 is 0 Å². The molecule has 0 atom stereocenters. The maximum atomic E-state index is 4.94. The highest BCUT2D eigenvalue weighted by Gasteiger charge is 2.19. The van der Waals surface area contributed by atoms with E-state index in [9.17, 15) is 0 Å². The van der Waals surface area contributed by atoms with E-state index in [0.29, 0.717) is 5.92 Å². The van der Waals surface area contributed by atoms with Crippen LogP contribution in [0.4, 0.5) is 0 Å². The second-order valence-electron chi connectivity index (χ2n) is 6.71. The number of aromatic nitrogens is 1. The van der Waals surface area contributed by atoms with Crippen LogP contribution in [0.1, 0.15) is 68.5 Å². The fourth-order valence-corrected chi connectivity index (χ4v) is 4.09. The molecule has 0 bridgehead atoms. The molecule has 4 heteroatoms. The summed E-state index contributed by atoms with van der Waals surface area (Å²) >= 11 is 1.92. The van der Waals surface area contributed by atoms with Crippen LogP contribution in [0.25, 0.3) is 0 Å². The van der Waals surface area contributed by atoms with Gasteiger partial charge in [0.15, 0.2) is 0 Å². The van der Waals surface area contributed by atoms with Crippen molar-refractivity contribution in [1.29, 1.82) is 0 Å². The molecule has 0 amide bonds. The van der Waals surface area contributed by atoms with Crippen LogP contribution in [0.2, 0.25) is 0 Å². The van der Waals surface area contributed by atoms with Gasteiger partial charge in [-0.3, -0.25) is 4.90 Å². The molecule has 1 aromatic rings. The van der Waals surface area contributed by atoms with Crippen LogP contribution < -0.4 is 5.32 Å². The molecule has 1 aliphatic heterocycles. The van der Waals surface area contributed by atoms with Gasteiger partial charge in [-0.2, -0.15) is 0 Å². The quantitative estimate of drug-likeness (QED) is 0.772. The highest BCUT2D eigenvalue weighted by atomic mass is 32.1. The Bertz CT molecular complexity index is 420. The molecule has 0 saturated carbocycles. The number of thiazole rings is 1. The summed E-state index contributed by atoms with van der Waals surface area (Å²) in [5, 5.41) is 4.83. The van der Waals surface area contributed by atoms with E-state index in [4.69, 9.17) is 4.98 Å². The van der Waals surface area contributed by atoms with Gasteiger partial charge in [0, 0.05) is 11.4 Å². The first-order valence-electron chi connectivity index (χ1n) is 8.51. The lowest BCUT2D eigenvalue weighted by Gasteiger charge is -2.29. The third-order valence-corrected chi connectivity index (χ3v) is 5.32. The Morgan fingerprint density at radius 3 is 2.67 bits per heavy atom. The molecule has 1 aromatic heterocycles. The van der Waals surface area contributed by atoms with Crippen molar-refractivity contribution >= 4 is 11.3 Å². The molecule has 1 N–H and O–H groups in total. The van der Waals surface area contributed by atoms with Crippen molar-refractivity contribution in [3.05, 3.63) is 15.6 Å². The normalized spacial score (nSPS) is 17.8. The van der Waals surface area contributed by atoms with Crippen molar-refractivity contribution in [3.63, 3.8) is 0 Å². The van der Waals surface area contributed by atoms with Crippen LogP contribution >= 0.6 is 11.3 Å². The molecule has 3 nitrogen and oxygen atoms in total. The van der Waals surface area contributed by atoms with Gasteiger partial charge in [0.25, 0.3) is 0 Å². The Morgan fingerprint density at radius 2 is 2.05 bits per heavy atom. The summed E-state index contributed by atoms with van der Waals surface area (Å²) in [5.74, 6) is 1.42. The highest BCUT2D eigenvalue weighted by molar-refractivity contribution is 7.11. The lowest BCUT2D eigenvalue weighted by molar-refractivity contribution is 0.185. The van der Waals surface area contributed by atoms with Crippen molar-refractivity contribution in [3.8, 4) is 0 Å². The lowest BCUT2D eigenvalue weighted by atomic mass is 9.99. The predicted molar refractivity (Wildman–Crippen MR) is 91.9 cm³/mol. The Morgan fingerprint density at radius 1 is 1.33 bits per heavy atom. The topological polar surface area (TPSA) is 28.2 Å². The monoisotopic (exact) mass is 309 g/mol. The van der Waals surface area contributed by atoms with Crippen LogP contribution in [0.5, 0.6) is 0 Å². The van der Waals surface area contributed by atoms with Crippen LogP contribution in [-0.4, -0.2) is 29.5 Å². The van der Waals surface area contributed by atoms with Gasteiger partial charge >= 0.3 is 0 Å². The largest absolute Gasteiger partial charge is 0.312 e. The van der Waals surface area contributed by atoms with E-state index in [1.165, 1.54) is 47.9 Å². The number of hydrogen-bond donors (Lipinski definition) is 1. The molecule has 1 fully saturated rings. The summed E-state index contributed by atoms with van der Waals surface area (Å²) in [6, 6.07) is 0. The van der Waals surface area contributed by atoms with Gasteiger partial charge in [0.05, 0.1) is 12.2 Å². The van der Waals surface area contributed by atoms with Crippen molar-refractivity contribution < 1.29 is 0 Å². The second-order valence-corrected chi connectivity index (χ2v) is 7.87. The molecule has 120 valence electrons. The van der Waals surface area contributed by atoms with E-state index in [1.54, 1.807) is 0 Å². The van der Waals surface area contributed by atoms with Crippen molar-refractivity contribution in [2.45, 2.75) is 66.0 Å². The first kappa shape index (κ1) is 16.9. The van der Waals surface area contributed by atoms with Gasteiger partial charge in [0.1, 0.15) is 5.01 Å². The molecule has 1 saturated heterocycles. The zero-order valence-electron chi connectivity index (χ0n) is 14.1. The maximum absolute atomic E-state index is 4.94. The van der Waals surface area contributed by atoms with Gasteiger partial charge in [-0.15, -0.1) is 11.3 Å². The number of likely N-dealkylation sites (tertiary alicyclic amines) is 1. The van der Waals surface area contributed by atoms with E-state index >= 15 is 0 Å². The smallest absolute Gasteiger partial charge is 0.107 e. The average Bonchev–Trinajstić information content (AvgIpc) is 2.85. The number of piperidine rings is 1. The van der Waals surface area contributed by atoms with Crippen molar-refractivity contribution in [2.24, 2.45) is 5.92 Å². The van der Waals surface area contributed by atoms with Crippen LogP contribution in [0.15, 0.2) is 0 Å². The summed E-state index contributed by atoms with van der Waals surface area (Å²) in [4.78, 5) is 8.96. The summed E-state index contributed by atoms with van der Waals surface area (Å²) in [7, 11) is 0. The maximum Gasteiger partial charge on any atom is 0.107 e. The summed E-state index contributed by atoms with van der Waals surface area (Å²) in [6.07, 6.45) is 3.87. The standard InChI is InChI=1S/C17H31N3S/c1-5-8-18-11-15-17(13(2)3)19-16(21-15)12-20-9-6-14(4)7-10-20/h13-14,18H,5-12H2,1-4H3. The fourth-order valence-electron chi connectivity index (χ4n) is 2.85.